The topological polar surface area (TPSA) is 57.6 Å². The Morgan fingerprint density at radius 3 is 2.38 bits per heavy atom. The van der Waals surface area contributed by atoms with E-state index in [4.69, 9.17) is 16.7 Å². The van der Waals surface area contributed by atoms with E-state index < -0.39 is 18.1 Å². The van der Waals surface area contributed by atoms with Crippen molar-refractivity contribution in [2.75, 3.05) is 6.54 Å². The van der Waals surface area contributed by atoms with Crippen LogP contribution >= 0.6 is 11.6 Å². The van der Waals surface area contributed by atoms with Crippen LogP contribution in [0.1, 0.15) is 18.4 Å². The minimum absolute atomic E-state index is 0.0679. The van der Waals surface area contributed by atoms with Crippen LogP contribution < -0.4 is 0 Å². The molecule has 0 bridgehead atoms. The molecule has 0 fully saturated rings. The second-order valence-corrected chi connectivity index (χ2v) is 4.72. The van der Waals surface area contributed by atoms with Gasteiger partial charge in [0.1, 0.15) is 0 Å². The fourth-order valence-corrected chi connectivity index (χ4v) is 1.88. The summed E-state index contributed by atoms with van der Waals surface area (Å²) in [4.78, 5) is 22.3. The second kappa shape index (κ2) is 7.31. The Kier molecular flexibility index (Phi) is 6.02. The summed E-state index contributed by atoms with van der Waals surface area (Å²) in [5, 5.41) is 8.76. The molecule has 0 aromatic heterocycles. The molecule has 0 aliphatic rings. The Morgan fingerprint density at radius 2 is 1.86 bits per heavy atom. The summed E-state index contributed by atoms with van der Waals surface area (Å²) in [6.07, 6.45) is -5.39. The number of halogens is 4. The Bertz CT molecular complexity index is 520. The van der Waals surface area contributed by atoms with Crippen LogP contribution in [0, 0.1) is 0 Å². The lowest BCUT2D eigenvalue weighted by atomic mass is 10.2. The maximum atomic E-state index is 12.5. The number of carboxylic acid groups (broad SMARTS) is 1. The summed E-state index contributed by atoms with van der Waals surface area (Å²) < 4.78 is 37.6. The first-order valence-corrected chi connectivity index (χ1v) is 6.41. The van der Waals surface area contributed by atoms with Crippen molar-refractivity contribution < 1.29 is 27.9 Å². The van der Waals surface area contributed by atoms with Crippen LogP contribution in [0.5, 0.6) is 0 Å². The standard InChI is InChI=1S/C13H13ClF3NO3/c14-10-5-2-1-4-9(10)8-18(7-3-6-11(19)20)12(21)13(15,16)17/h1-2,4-5H,3,6-8H2,(H,19,20). The molecule has 0 aliphatic heterocycles. The predicted molar refractivity (Wildman–Crippen MR) is 69.8 cm³/mol. The smallest absolute Gasteiger partial charge is 0.471 e. The maximum absolute atomic E-state index is 12.5. The van der Waals surface area contributed by atoms with Crippen molar-refractivity contribution in [3.8, 4) is 0 Å². The van der Waals surface area contributed by atoms with Crippen molar-refractivity contribution in [2.45, 2.75) is 25.6 Å². The van der Waals surface area contributed by atoms with Gasteiger partial charge < -0.3 is 10.0 Å². The normalized spacial score (nSPS) is 11.2. The van der Waals surface area contributed by atoms with Crippen molar-refractivity contribution in [1.82, 2.24) is 4.90 Å². The summed E-state index contributed by atoms with van der Waals surface area (Å²) >= 11 is 5.86. The van der Waals surface area contributed by atoms with Gasteiger partial charge in [-0.15, -0.1) is 0 Å². The van der Waals surface area contributed by atoms with Crippen molar-refractivity contribution in [3.63, 3.8) is 0 Å². The molecule has 0 heterocycles. The zero-order valence-electron chi connectivity index (χ0n) is 10.9. The van der Waals surface area contributed by atoms with Crippen molar-refractivity contribution in [3.05, 3.63) is 34.9 Å². The lowest BCUT2D eigenvalue weighted by molar-refractivity contribution is -0.186. The molecule has 0 saturated heterocycles. The third-order valence-electron chi connectivity index (χ3n) is 2.67. The van der Waals surface area contributed by atoms with Gasteiger partial charge in [0.05, 0.1) is 0 Å². The Morgan fingerprint density at radius 1 is 1.24 bits per heavy atom. The van der Waals surface area contributed by atoms with Crippen LogP contribution in [-0.2, 0) is 16.1 Å². The van der Waals surface area contributed by atoms with Crippen LogP contribution in [-0.4, -0.2) is 34.6 Å². The van der Waals surface area contributed by atoms with E-state index in [9.17, 15) is 22.8 Å². The molecule has 0 unspecified atom stereocenters. The van der Waals surface area contributed by atoms with Gasteiger partial charge in [0, 0.05) is 24.5 Å². The average Bonchev–Trinajstić information content (AvgIpc) is 2.37. The first-order chi connectivity index (χ1) is 9.71. The van der Waals surface area contributed by atoms with E-state index in [1.54, 1.807) is 12.1 Å². The molecule has 1 amide bonds. The SMILES string of the molecule is O=C(O)CCCN(Cc1ccccc1Cl)C(=O)C(F)(F)F. The molecular weight excluding hydrogens is 311 g/mol. The number of nitrogens with zero attached hydrogens (tertiary/aromatic N) is 1. The number of amides is 1. The van der Waals surface area contributed by atoms with E-state index in [2.05, 4.69) is 0 Å². The zero-order chi connectivity index (χ0) is 16.0. The third-order valence-corrected chi connectivity index (χ3v) is 3.04. The summed E-state index contributed by atoms with van der Waals surface area (Å²) in [5.41, 5.74) is 0.368. The Labute approximate surface area is 124 Å². The molecule has 0 aliphatic carbocycles. The molecule has 1 rings (SSSR count). The Balaban J connectivity index is 2.84. The fraction of sp³-hybridized carbons (Fsp3) is 0.385. The number of carbonyl (C=O) groups excluding carboxylic acids is 1. The summed E-state index contributed by atoms with van der Waals surface area (Å²) in [5.74, 6) is -3.14. The molecule has 1 aromatic carbocycles. The van der Waals surface area contributed by atoms with E-state index in [0.29, 0.717) is 10.5 Å². The maximum Gasteiger partial charge on any atom is 0.471 e. The van der Waals surface area contributed by atoms with Crippen LogP contribution in [0.3, 0.4) is 0 Å². The zero-order valence-corrected chi connectivity index (χ0v) is 11.6. The van der Waals surface area contributed by atoms with Gasteiger partial charge in [0.2, 0.25) is 0 Å². The predicted octanol–water partition coefficient (Wildman–Crippen LogP) is 3.10. The number of alkyl halides is 3. The molecule has 116 valence electrons. The minimum atomic E-state index is -5.01. The monoisotopic (exact) mass is 323 g/mol. The fourth-order valence-electron chi connectivity index (χ4n) is 1.69. The van der Waals surface area contributed by atoms with Gasteiger partial charge in [0.15, 0.2) is 0 Å². The van der Waals surface area contributed by atoms with Gasteiger partial charge in [-0.2, -0.15) is 13.2 Å². The first-order valence-electron chi connectivity index (χ1n) is 6.03. The van der Waals surface area contributed by atoms with Gasteiger partial charge in [-0.05, 0) is 18.1 Å². The van der Waals surface area contributed by atoms with Crippen LogP contribution in [0.2, 0.25) is 5.02 Å². The summed E-state index contributed by atoms with van der Waals surface area (Å²) in [6.45, 7) is -0.631. The van der Waals surface area contributed by atoms with Gasteiger partial charge >= 0.3 is 18.1 Å². The number of aliphatic carboxylic acids is 1. The molecule has 1 N–H and O–H groups in total. The summed E-state index contributed by atoms with van der Waals surface area (Å²) in [7, 11) is 0. The quantitative estimate of drug-likeness (QED) is 0.875. The van der Waals surface area contributed by atoms with Crippen LogP contribution in [0.4, 0.5) is 13.2 Å². The van der Waals surface area contributed by atoms with Crippen molar-refractivity contribution >= 4 is 23.5 Å². The number of carboxylic acids is 1. The highest BCUT2D eigenvalue weighted by Gasteiger charge is 2.42. The molecule has 0 radical (unpaired) electrons. The second-order valence-electron chi connectivity index (χ2n) is 4.31. The van der Waals surface area contributed by atoms with E-state index >= 15 is 0 Å². The summed E-state index contributed by atoms with van der Waals surface area (Å²) in [6, 6.07) is 6.22. The molecule has 1 aromatic rings. The first kappa shape index (κ1) is 17.3. The van der Waals surface area contributed by atoms with Gasteiger partial charge in [-0.25, -0.2) is 0 Å². The van der Waals surface area contributed by atoms with Gasteiger partial charge in [0.25, 0.3) is 0 Å². The largest absolute Gasteiger partial charge is 0.481 e. The van der Waals surface area contributed by atoms with Crippen molar-refractivity contribution in [1.29, 1.82) is 0 Å². The van der Waals surface area contributed by atoms with E-state index in [1.165, 1.54) is 12.1 Å². The van der Waals surface area contributed by atoms with E-state index in [-0.39, 0.29) is 31.0 Å². The number of hydrogen-bond donors (Lipinski definition) is 1. The number of carbonyl (C=O) groups is 2. The average molecular weight is 324 g/mol. The minimum Gasteiger partial charge on any atom is -0.481 e. The third kappa shape index (κ3) is 5.63. The lowest BCUT2D eigenvalue weighted by Gasteiger charge is -2.24. The molecule has 8 heteroatoms. The number of benzene rings is 1. The molecular formula is C13H13ClF3NO3. The van der Waals surface area contributed by atoms with Crippen molar-refractivity contribution in [2.24, 2.45) is 0 Å². The molecule has 0 atom stereocenters. The van der Waals surface area contributed by atoms with Crippen LogP contribution in [0.25, 0.3) is 0 Å². The van der Waals surface area contributed by atoms with E-state index in [1.807, 2.05) is 0 Å². The Hall–Kier alpha value is -1.76. The molecule has 21 heavy (non-hydrogen) atoms. The van der Waals surface area contributed by atoms with E-state index in [0.717, 1.165) is 0 Å². The number of rotatable bonds is 6. The molecule has 4 nitrogen and oxygen atoms in total. The lowest BCUT2D eigenvalue weighted by Crippen LogP contribution is -2.41. The molecule has 0 spiro atoms. The molecule has 0 saturated carbocycles. The van der Waals surface area contributed by atoms with Gasteiger partial charge in [-0.1, -0.05) is 29.8 Å². The highest BCUT2D eigenvalue weighted by Crippen LogP contribution is 2.23. The van der Waals surface area contributed by atoms with Crippen LogP contribution in [0.15, 0.2) is 24.3 Å². The highest BCUT2D eigenvalue weighted by atomic mass is 35.5. The van der Waals surface area contributed by atoms with Gasteiger partial charge in [-0.3, -0.25) is 9.59 Å². The number of hydrogen-bond acceptors (Lipinski definition) is 2. The highest BCUT2D eigenvalue weighted by molar-refractivity contribution is 6.31.